The molecular weight excluding hydrogens is 324 g/mol. The van der Waals surface area contributed by atoms with Crippen molar-refractivity contribution in [2.45, 2.75) is 37.3 Å². The van der Waals surface area contributed by atoms with Gasteiger partial charge in [0, 0.05) is 30.5 Å². The van der Waals surface area contributed by atoms with Crippen LogP contribution in [-0.2, 0) is 4.79 Å². The summed E-state index contributed by atoms with van der Waals surface area (Å²) in [6, 6.07) is 19.1. The average molecular weight is 350 g/mol. The highest BCUT2D eigenvalue weighted by atomic mass is 16.3. The summed E-state index contributed by atoms with van der Waals surface area (Å²) in [5.41, 5.74) is 3.61. The van der Waals surface area contributed by atoms with Crippen molar-refractivity contribution in [1.29, 1.82) is 0 Å². The highest BCUT2D eigenvalue weighted by molar-refractivity contribution is 5.79. The number of hydrogen-bond acceptors (Lipinski definition) is 3. The third-order valence-corrected chi connectivity index (χ3v) is 5.87. The van der Waals surface area contributed by atoms with Crippen LogP contribution in [0.4, 0.5) is 0 Å². The van der Waals surface area contributed by atoms with E-state index >= 15 is 0 Å². The molecule has 0 radical (unpaired) electrons. The first kappa shape index (κ1) is 17.3. The van der Waals surface area contributed by atoms with E-state index in [1.807, 2.05) is 18.2 Å². The predicted octanol–water partition coefficient (Wildman–Crippen LogP) is 2.69. The molecule has 3 N–H and O–H groups in total. The Morgan fingerprint density at radius 2 is 1.69 bits per heavy atom. The van der Waals surface area contributed by atoms with Crippen LogP contribution < -0.4 is 10.6 Å². The van der Waals surface area contributed by atoms with Gasteiger partial charge in [0.1, 0.15) is 0 Å². The summed E-state index contributed by atoms with van der Waals surface area (Å²) in [5.74, 6) is 0.627. The lowest BCUT2D eigenvalue weighted by Gasteiger charge is -2.46. The van der Waals surface area contributed by atoms with Crippen molar-refractivity contribution in [3.63, 3.8) is 0 Å². The topological polar surface area (TPSA) is 61.4 Å². The SMILES string of the molecule is O=C(NC[C@H]1N[C@H](CO)[C@@H]1c1ccc(-c2ccccc2)cc1)C1CCC1. The Morgan fingerprint density at radius 3 is 2.31 bits per heavy atom. The largest absolute Gasteiger partial charge is 0.395 e. The highest BCUT2D eigenvalue weighted by Crippen LogP contribution is 2.33. The summed E-state index contributed by atoms with van der Waals surface area (Å²) in [6.07, 6.45) is 3.21. The van der Waals surface area contributed by atoms with Gasteiger partial charge in [-0.2, -0.15) is 0 Å². The predicted molar refractivity (Wildman–Crippen MR) is 103 cm³/mol. The third-order valence-electron chi connectivity index (χ3n) is 5.87. The van der Waals surface area contributed by atoms with E-state index < -0.39 is 0 Å². The molecule has 0 aromatic heterocycles. The summed E-state index contributed by atoms with van der Waals surface area (Å²) in [4.78, 5) is 12.1. The monoisotopic (exact) mass is 350 g/mol. The molecule has 1 amide bonds. The maximum Gasteiger partial charge on any atom is 0.223 e. The fourth-order valence-corrected chi connectivity index (χ4v) is 4.01. The molecule has 4 nitrogen and oxygen atoms in total. The van der Waals surface area contributed by atoms with Crippen LogP contribution in [0.1, 0.15) is 30.7 Å². The molecular formula is C22H26N2O2. The summed E-state index contributed by atoms with van der Waals surface area (Å²) in [7, 11) is 0. The fraction of sp³-hybridized carbons (Fsp3) is 0.409. The maximum atomic E-state index is 12.1. The van der Waals surface area contributed by atoms with E-state index in [0.29, 0.717) is 6.54 Å². The summed E-state index contributed by atoms with van der Waals surface area (Å²) in [5, 5.41) is 16.1. The van der Waals surface area contributed by atoms with Crippen LogP contribution in [0, 0.1) is 5.92 Å². The molecule has 2 aliphatic rings. The number of benzene rings is 2. The molecule has 4 heteroatoms. The molecule has 2 aromatic carbocycles. The van der Waals surface area contributed by atoms with Gasteiger partial charge in [-0.25, -0.2) is 0 Å². The molecule has 0 bridgehead atoms. The Labute approximate surface area is 154 Å². The van der Waals surface area contributed by atoms with Crippen LogP contribution in [0.5, 0.6) is 0 Å². The minimum Gasteiger partial charge on any atom is -0.395 e. The van der Waals surface area contributed by atoms with Gasteiger partial charge in [0.2, 0.25) is 5.91 Å². The zero-order valence-corrected chi connectivity index (χ0v) is 14.9. The van der Waals surface area contributed by atoms with Crippen LogP contribution in [-0.4, -0.2) is 36.2 Å². The smallest absolute Gasteiger partial charge is 0.223 e. The Morgan fingerprint density at radius 1 is 1.00 bits per heavy atom. The van der Waals surface area contributed by atoms with Gasteiger partial charge >= 0.3 is 0 Å². The molecule has 2 fully saturated rings. The summed E-state index contributed by atoms with van der Waals surface area (Å²) in [6.45, 7) is 0.731. The lowest BCUT2D eigenvalue weighted by molar-refractivity contribution is -0.127. The van der Waals surface area contributed by atoms with Crippen LogP contribution in [0.15, 0.2) is 54.6 Å². The number of rotatable bonds is 6. The van der Waals surface area contributed by atoms with Gasteiger partial charge in [-0.3, -0.25) is 4.79 Å². The van der Waals surface area contributed by atoms with Crippen LogP contribution in [0.2, 0.25) is 0 Å². The second kappa shape index (κ2) is 7.60. The Bertz CT molecular complexity index is 740. The van der Waals surface area contributed by atoms with E-state index in [4.69, 9.17) is 0 Å². The minimum absolute atomic E-state index is 0.0585. The minimum atomic E-state index is 0.0585. The summed E-state index contributed by atoms with van der Waals surface area (Å²) >= 11 is 0. The quantitative estimate of drug-likeness (QED) is 0.751. The maximum absolute atomic E-state index is 12.1. The van der Waals surface area contributed by atoms with Crippen LogP contribution >= 0.6 is 0 Å². The Balaban J connectivity index is 1.42. The van der Waals surface area contributed by atoms with Crippen LogP contribution in [0.25, 0.3) is 11.1 Å². The standard InChI is InChI=1S/C22H26N2O2/c25-14-20-21(19(24-20)13-23-22(26)18-7-4-8-18)17-11-9-16(10-12-17)15-5-2-1-3-6-15/h1-3,5-6,9-12,18-21,24-25H,4,7-8,13-14H2,(H,23,26)/t19-,20-,21-/m1/s1. The lowest BCUT2D eigenvalue weighted by Crippen LogP contribution is -2.65. The van der Waals surface area contributed by atoms with E-state index in [-0.39, 0.29) is 36.4 Å². The number of nitrogens with one attached hydrogen (secondary N) is 2. The van der Waals surface area contributed by atoms with E-state index in [0.717, 1.165) is 12.8 Å². The van der Waals surface area contributed by atoms with Crippen molar-refractivity contribution in [1.82, 2.24) is 10.6 Å². The number of amides is 1. The summed E-state index contributed by atoms with van der Waals surface area (Å²) < 4.78 is 0. The number of aliphatic hydroxyl groups is 1. The van der Waals surface area contributed by atoms with Crippen molar-refractivity contribution < 1.29 is 9.90 Å². The third kappa shape index (κ3) is 3.39. The fourth-order valence-electron chi connectivity index (χ4n) is 4.01. The Hall–Kier alpha value is -2.17. The zero-order chi connectivity index (χ0) is 17.9. The number of carbonyl (C=O) groups excluding carboxylic acids is 1. The van der Waals surface area contributed by atoms with Gasteiger partial charge in [0.25, 0.3) is 0 Å². The molecule has 136 valence electrons. The molecule has 1 saturated carbocycles. The molecule has 1 saturated heterocycles. The van der Waals surface area contributed by atoms with Crippen molar-refractivity contribution in [3.8, 4) is 11.1 Å². The number of aliphatic hydroxyl groups excluding tert-OH is 1. The average Bonchev–Trinajstić information content (AvgIpc) is 2.61. The molecule has 26 heavy (non-hydrogen) atoms. The van der Waals surface area contributed by atoms with Crippen molar-refractivity contribution >= 4 is 5.91 Å². The molecule has 3 atom stereocenters. The van der Waals surface area contributed by atoms with E-state index in [1.165, 1.54) is 23.1 Å². The van der Waals surface area contributed by atoms with Crippen LogP contribution in [0.3, 0.4) is 0 Å². The number of carbonyl (C=O) groups is 1. The second-order valence-electron chi connectivity index (χ2n) is 7.45. The van der Waals surface area contributed by atoms with E-state index in [1.54, 1.807) is 0 Å². The van der Waals surface area contributed by atoms with Gasteiger partial charge in [0.05, 0.1) is 6.61 Å². The highest BCUT2D eigenvalue weighted by Gasteiger charge is 2.41. The van der Waals surface area contributed by atoms with Crippen molar-refractivity contribution in [2.24, 2.45) is 5.92 Å². The second-order valence-corrected chi connectivity index (χ2v) is 7.45. The first-order valence-electron chi connectivity index (χ1n) is 9.56. The molecule has 0 unspecified atom stereocenters. The van der Waals surface area contributed by atoms with E-state index in [9.17, 15) is 9.90 Å². The Kier molecular flexibility index (Phi) is 5.05. The molecule has 4 rings (SSSR count). The van der Waals surface area contributed by atoms with E-state index in [2.05, 4.69) is 47.0 Å². The normalized spacial score (nSPS) is 25.2. The molecule has 1 aliphatic carbocycles. The first-order valence-corrected chi connectivity index (χ1v) is 9.56. The molecule has 1 aliphatic heterocycles. The van der Waals surface area contributed by atoms with Gasteiger partial charge in [-0.05, 0) is 29.5 Å². The zero-order valence-electron chi connectivity index (χ0n) is 14.9. The van der Waals surface area contributed by atoms with Crippen molar-refractivity contribution in [2.75, 3.05) is 13.2 Å². The lowest BCUT2D eigenvalue weighted by atomic mass is 9.77. The molecule has 2 aromatic rings. The van der Waals surface area contributed by atoms with Gasteiger partial charge in [-0.1, -0.05) is 61.0 Å². The number of hydrogen-bond donors (Lipinski definition) is 3. The van der Waals surface area contributed by atoms with Gasteiger partial charge in [-0.15, -0.1) is 0 Å². The van der Waals surface area contributed by atoms with Gasteiger partial charge in [0.15, 0.2) is 0 Å². The molecule has 0 spiro atoms. The molecule has 1 heterocycles. The van der Waals surface area contributed by atoms with Crippen molar-refractivity contribution in [3.05, 3.63) is 60.2 Å². The van der Waals surface area contributed by atoms with Gasteiger partial charge < -0.3 is 15.7 Å². The first-order chi connectivity index (χ1) is 12.8.